The van der Waals surface area contributed by atoms with Crippen LogP contribution in [0.3, 0.4) is 0 Å². The summed E-state index contributed by atoms with van der Waals surface area (Å²) < 4.78 is 19.2. The molecule has 2 heterocycles. The number of aliphatic hydroxyl groups is 1. The number of hydroxylamine groups is 2. The maximum absolute atomic E-state index is 13.6. The van der Waals surface area contributed by atoms with Crippen molar-refractivity contribution in [2.45, 2.75) is 31.9 Å². The third-order valence-electron chi connectivity index (χ3n) is 6.35. The highest BCUT2D eigenvalue weighted by atomic mass is 19.1. The number of hydrogen-bond acceptors (Lipinski definition) is 7. The molecule has 3 N–H and O–H groups in total. The normalized spacial score (nSPS) is 23.5. The first-order chi connectivity index (χ1) is 16.8. The van der Waals surface area contributed by atoms with Gasteiger partial charge in [-0.3, -0.25) is 9.83 Å². The minimum atomic E-state index is -0.914. The Balaban J connectivity index is 1.70. The fraction of sp³-hybridized carbons (Fsp3) is 0.296. The van der Waals surface area contributed by atoms with Crippen molar-refractivity contribution >= 4 is 17.6 Å². The van der Waals surface area contributed by atoms with Crippen LogP contribution in [0.5, 0.6) is 5.75 Å². The lowest BCUT2D eigenvalue weighted by Gasteiger charge is -2.49. The number of aliphatic imine (C=N–C) groups is 1. The maximum Gasteiger partial charge on any atom is 0.152 e. The van der Waals surface area contributed by atoms with Gasteiger partial charge in [0.05, 0.1) is 25.9 Å². The zero-order valence-electron chi connectivity index (χ0n) is 20.2. The highest BCUT2D eigenvalue weighted by Crippen LogP contribution is 2.40. The number of nitrogens with two attached hydrogens (primary N) is 1. The van der Waals surface area contributed by atoms with Gasteiger partial charge in [0.25, 0.3) is 0 Å². The predicted octanol–water partition coefficient (Wildman–Crippen LogP) is 4.31. The van der Waals surface area contributed by atoms with Crippen molar-refractivity contribution in [3.05, 3.63) is 89.7 Å². The Morgan fingerprint density at radius 2 is 2.09 bits per heavy atom. The van der Waals surface area contributed by atoms with Crippen LogP contribution in [-0.4, -0.2) is 42.4 Å². The molecule has 0 bridgehead atoms. The van der Waals surface area contributed by atoms with E-state index in [-0.39, 0.29) is 12.4 Å². The Bertz CT molecular complexity index is 1190. The van der Waals surface area contributed by atoms with Crippen molar-refractivity contribution in [2.75, 3.05) is 25.2 Å². The molecule has 2 unspecified atom stereocenters. The number of fused-ring (bicyclic) bond motifs is 1. The number of aliphatic hydroxyl groups excluding tert-OH is 1. The molecule has 2 atom stereocenters. The van der Waals surface area contributed by atoms with Gasteiger partial charge in [-0.15, -0.1) is 0 Å². The minimum Gasteiger partial charge on any atom is -0.495 e. The summed E-state index contributed by atoms with van der Waals surface area (Å²) >= 11 is 0. The number of methoxy groups -OCH3 is 1. The van der Waals surface area contributed by atoms with Gasteiger partial charge in [-0.05, 0) is 60.9 Å². The van der Waals surface area contributed by atoms with Crippen molar-refractivity contribution in [2.24, 2.45) is 10.7 Å². The van der Waals surface area contributed by atoms with Crippen LogP contribution >= 0.6 is 0 Å². The summed E-state index contributed by atoms with van der Waals surface area (Å²) in [6.45, 7) is 8.19. The van der Waals surface area contributed by atoms with Crippen LogP contribution in [0.4, 0.5) is 10.1 Å². The van der Waals surface area contributed by atoms with Gasteiger partial charge in [-0.2, -0.15) is 0 Å². The molecule has 184 valence electrons. The number of amidine groups is 1. The third-order valence-corrected chi connectivity index (χ3v) is 6.35. The zero-order chi connectivity index (χ0) is 25.2. The Kier molecular flexibility index (Phi) is 6.95. The quantitative estimate of drug-likeness (QED) is 0.644. The van der Waals surface area contributed by atoms with E-state index in [1.807, 2.05) is 36.1 Å². The molecule has 0 radical (unpaired) electrons. The summed E-state index contributed by atoms with van der Waals surface area (Å²) in [4.78, 5) is 12.5. The number of anilines is 1. The van der Waals surface area contributed by atoms with Crippen LogP contribution in [0.1, 0.15) is 31.4 Å². The lowest BCUT2D eigenvalue weighted by Crippen LogP contribution is -2.60. The van der Waals surface area contributed by atoms with E-state index < -0.39 is 11.6 Å². The summed E-state index contributed by atoms with van der Waals surface area (Å²) in [6, 6.07) is 12.0. The molecular weight excluding hydrogens is 447 g/mol. The summed E-state index contributed by atoms with van der Waals surface area (Å²) in [6.07, 6.45) is 5.33. The molecule has 2 aliphatic rings. The van der Waals surface area contributed by atoms with Gasteiger partial charge in [0.1, 0.15) is 23.2 Å². The molecule has 8 heteroatoms. The molecule has 2 aromatic rings. The van der Waals surface area contributed by atoms with E-state index in [4.69, 9.17) is 15.3 Å². The SMILES string of the molecule is C=CN(/C=C(/C)N)c1ccc(/C=C2\CCON3C2=NCC(O)C3(C)c2ccc(F)cc2)cc1OC. The lowest BCUT2D eigenvalue weighted by atomic mass is 9.83. The van der Waals surface area contributed by atoms with Gasteiger partial charge in [-0.25, -0.2) is 9.45 Å². The Morgan fingerprint density at radius 3 is 2.74 bits per heavy atom. The molecule has 0 spiro atoms. The molecule has 0 amide bonds. The lowest BCUT2D eigenvalue weighted by molar-refractivity contribution is -0.205. The summed E-state index contributed by atoms with van der Waals surface area (Å²) in [7, 11) is 1.62. The monoisotopic (exact) mass is 478 g/mol. The Labute approximate surface area is 205 Å². The van der Waals surface area contributed by atoms with Gasteiger partial charge in [-0.1, -0.05) is 24.8 Å². The van der Waals surface area contributed by atoms with Gasteiger partial charge in [0.15, 0.2) is 5.84 Å². The van der Waals surface area contributed by atoms with E-state index in [9.17, 15) is 9.50 Å². The van der Waals surface area contributed by atoms with E-state index in [0.717, 1.165) is 22.4 Å². The molecule has 0 aliphatic carbocycles. The number of nitrogens with zero attached hydrogens (tertiary/aromatic N) is 3. The van der Waals surface area contributed by atoms with Gasteiger partial charge < -0.3 is 20.5 Å². The standard InChI is InChI=1S/C27H31FN4O3/c1-5-31(17-18(2)29)23-11-6-19(15-24(23)34-4)14-20-12-13-35-32-26(20)30-16-25(33)27(32,3)21-7-9-22(28)10-8-21/h5-11,14-15,17,25,33H,1,12-13,16,29H2,2-4H3/b18-17-,20-14+. The van der Waals surface area contributed by atoms with Crippen LogP contribution in [0.15, 0.2) is 77.7 Å². The molecule has 7 nitrogen and oxygen atoms in total. The number of halogens is 1. The molecular formula is C27H31FN4O3. The molecule has 2 aliphatic heterocycles. The second-order valence-electron chi connectivity index (χ2n) is 8.78. The second kappa shape index (κ2) is 9.93. The first kappa shape index (κ1) is 24.5. The first-order valence-corrected chi connectivity index (χ1v) is 11.4. The molecule has 2 aromatic carbocycles. The number of allylic oxidation sites excluding steroid dienone is 1. The number of ether oxygens (including phenoxy) is 1. The fourth-order valence-corrected chi connectivity index (χ4v) is 4.43. The number of rotatable bonds is 6. The van der Waals surface area contributed by atoms with Crippen molar-refractivity contribution in [1.29, 1.82) is 0 Å². The van der Waals surface area contributed by atoms with E-state index >= 15 is 0 Å². The van der Waals surface area contributed by atoms with Gasteiger partial charge in [0, 0.05) is 24.5 Å². The molecule has 0 aromatic heterocycles. The second-order valence-corrected chi connectivity index (χ2v) is 8.78. The predicted molar refractivity (Wildman–Crippen MR) is 136 cm³/mol. The average molecular weight is 479 g/mol. The van der Waals surface area contributed by atoms with Gasteiger partial charge >= 0.3 is 0 Å². The highest BCUT2D eigenvalue weighted by molar-refractivity contribution is 6.03. The van der Waals surface area contributed by atoms with E-state index in [2.05, 4.69) is 11.6 Å². The highest BCUT2D eigenvalue weighted by Gasteiger charge is 2.48. The summed E-state index contributed by atoms with van der Waals surface area (Å²) in [5.41, 5.74) is 9.04. The van der Waals surface area contributed by atoms with Crippen LogP contribution in [-0.2, 0) is 10.4 Å². The first-order valence-electron chi connectivity index (χ1n) is 11.4. The third kappa shape index (κ3) is 4.67. The number of hydrogen-bond donors (Lipinski definition) is 2. The topological polar surface area (TPSA) is 83.5 Å². The van der Waals surface area contributed by atoms with Crippen LogP contribution in [0.2, 0.25) is 0 Å². The maximum atomic E-state index is 13.6. The summed E-state index contributed by atoms with van der Waals surface area (Å²) in [5.74, 6) is 0.991. The van der Waals surface area contributed by atoms with E-state index in [1.165, 1.54) is 12.1 Å². The van der Waals surface area contributed by atoms with Crippen molar-refractivity contribution in [3.63, 3.8) is 0 Å². The van der Waals surface area contributed by atoms with Crippen molar-refractivity contribution < 1.29 is 19.1 Å². The van der Waals surface area contributed by atoms with Gasteiger partial charge in [0.2, 0.25) is 0 Å². The smallest absolute Gasteiger partial charge is 0.152 e. The van der Waals surface area contributed by atoms with E-state index in [1.54, 1.807) is 43.6 Å². The van der Waals surface area contributed by atoms with Crippen LogP contribution in [0.25, 0.3) is 6.08 Å². The minimum absolute atomic E-state index is 0.210. The molecule has 1 fully saturated rings. The van der Waals surface area contributed by atoms with E-state index in [0.29, 0.717) is 30.3 Å². The Hall–Kier alpha value is -3.62. The summed E-state index contributed by atoms with van der Waals surface area (Å²) in [5, 5.41) is 12.6. The van der Waals surface area contributed by atoms with Crippen LogP contribution < -0.4 is 15.4 Å². The fourth-order valence-electron chi connectivity index (χ4n) is 4.43. The number of benzene rings is 2. The van der Waals surface area contributed by atoms with Crippen molar-refractivity contribution in [1.82, 2.24) is 5.06 Å². The largest absolute Gasteiger partial charge is 0.495 e. The van der Waals surface area contributed by atoms with Crippen molar-refractivity contribution in [3.8, 4) is 5.75 Å². The molecule has 0 saturated carbocycles. The zero-order valence-corrected chi connectivity index (χ0v) is 20.2. The average Bonchev–Trinajstić information content (AvgIpc) is 2.85. The Morgan fingerprint density at radius 1 is 1.34 bits per heavy atom. The van der Waals surface area contributed by atoms with Crippen LogP contribution in [0, 0.1) is 5.82 Å². The molecule has 35 heavy (non-hydrogen) atoms. The molecule has 4 rings (SSSR count). The molecule has 1 saturated heterocycles.